The summed E-state index contributed by atoms with van der Waals surface area (Å²) in [6.45, 7) is 0. The first-order valence-electron chi connectivity index (χ1n) is 5.34. The maximum atomic E-state index is 12.7. The smallest absolute Gasteiger partial charge is 0.338 e. The van der Waals surface area contributed by atoms with Crippen LogP contribution in [-0.4, -0.2) is 4.98 Å². The molecule has 0 aliphatic rings. The maximum Gasteiger partial charge on any atom is 0.416 e. The lowest BCUT2D eigenvalue weighted by molar-refractivity contribution is -0.137. The molecule has 1 aromatic carbocycles. The van der Waals surface area contributed by atoms with Gasteiger partial charge in [-0.1, -0.05) is 46.4 Å². The highest BCUT2D eigenvalue weighted by atomic mass is 35.5. The first-order valence-corrected chi connectivity index (χ1v) is 6.85. The van der Waals surface area contributed by atoms with Crippen LogP contribution in [0.2, 0.25) is 20.2 Å². The Morgan fingerprint density at radius 2 is 1.57 bits per heavy atom. The van der Waals surface area contributed by atoms with Gasteiger partial charge in [-0.15, -0.1) is 0 Å². The van der Waals surface area contributed by atoms with Gasteiger partial charge in [-0.25, -0.2) is 4.98 Å². The molecule has 1 heterocycles. The molecule has 0 aliphatic heterocycles. The van der Waals surface area contributed by atoms with E-state index in [4.69, 9.17) is 46.4 Å². The molecule has 9 heteroatoms. The number of nitrogens with zero attached hydrogens (tertiary/aromatic N) is 1. The van der Waals surface area contributed by atoms with E-state index in [1.165, 1.54) is 6.07 Å². The van der Waals surface area contributed by atoms with Crippen molar-refractivity contribution in [2.45, 2.75) is 6.18 Å². The third-order valence-corrected chi connectivity index (χ3v) is 3.72. The van der Waals surface area contributed by atoms with Crippen LogP contribution in [0.1, 0.15) is 5.56 Å². The first-order chi connectivity index (χ1) is 9.68. The van der Waals surface area contributed by atoms with Crippen molar-refractivity contribution >= 4 is 57.9 Å². The highest BCUT2D eigenvalue weighted by Crippen LogP contribution is 2.36. The Labute approximate surface area is 137 Å². The minimum Gasteiger partial charge on any atom is -0.338 e. The van der Waals surface area contributed by atoms with Gasteiger partial charge < -0.3 is 5.32 Å². The van der Waals surface area contributed by atoms with Crippen LogP contribution in [0, 0.1) is 0 Å². The first kappa shape index (κ1) is 16.5. The van der Waals surface area contributed by atoms with Gasteiger partial charge in [0, 0.05) is 0 Å². The van der Waals surface area contributed by atoms with Crippen molar-refractivity contribution in [2.75, 3.05) is 5.32 Å². The predicted molar refractivity (Wildman–Crippen MR) is 79.0 cm³/mol. The third-order valence-electron chi connectivity index (χ3n) is 2.43. The number of benzene rings is 1. The molecule has 21 heavy (non-hydrogen) atoms. The number of hydrogen-bond acceptors (Lipinski definition) is 2. The number of aromatic nitrogens is 1. The van der Waals surface area contributed by atoms with Crippen molar-refractivity contribution < 1.29 is 13.2 Å². The normalized spacial score (nSPS) is 11.6. The van der Waals surface area contributed by atoms with Crippen LogP contribution in [0.15, 0.2) is 24.3 Å². The average molecular weight is 376 g/mol. The Balaban J connectivity index is 2.42. The summed E-state index contributed by atoms with van der Waals surface area (Å²) < 4.78 is 38.1. The number of anilines is 2. The van der Waals surface area contributed by atoms with Crippen molar-refractivity contribution in [3.63, 3.8) is 0 Å². The van der Waals surface area contributed by atoms with Crippen LogP contribution in [0.5, 0.6) is 0 Å². The Hall–Kier alpha value is -0.880. The van der Waals surface area contributed by atoms with E-state index in [0.29, 0.717) is 0 Å². The zero-order chi connectivity index (χ0) is 15.8. The molecule has 0 radical (unpaired) electrons. The molecule has 0 aliphatic carbocycles. The van der Waals surface area contributed by atoms with E-state index in [-0.39, 0.29) is 31.7 Å². The molecule has 112 valence electrons. The standard InChI is InChI=1S/C12H5Cl4F3N2/c13-6-2-1-5(12(17,18)19)3-9(6)20-11-8(15)4-7(14)10(16)21-11/h1-4H,(H,20,21). The summed E-state index contributed by atoms with van der Waals surface area (Å²) in [4.78, 5) is 3.85. The van der Waals surface area contributed by atoms with Gasteiger partial charge in [-0.2, -0.15) is 13.2 Å². The highest BCUT2D eigenvalue weighted by molar-refractivity contribution is 6.43. The van der Waals surface area contributed by atoms with Gasteiger partial charge >= 0.3 is 6.18 Å². The number of halogens is 7. The lowest BCUT2D eigenvalue weighted by Gasteiger charge is -2.13. The minimum absolute atomic E-state index is 0.000666. The molecular weight excluding hydrogens is 371 g/mol. The zero-order valence-corrected chi connectivity index (χ0v) is 12.9. The lowest BCUT2D eigenvalue weighted by Crippen LogP contribution is -2.06. The van der Waals surface area contributed by atoms with Gasteiger partial charge in [0.2, 0.25) is 0 Å². The molecule has 0 atom stereocenters. The van der Waals surface area contributed by atoms with E-state index in [0.717, 1.165) is 18.2 Å². The number of alkyl halides is 3. The molecule has 0 bridgehead atoms. The fourth-order valence-corrected chi connectivity index (χ4v) is 2.17. The topological polar surface area (TPSA) is 24.9 Å². The Morgan fingerprint density at radius 3 is 2.19 bits per heavy atom. The van der Waals surface area contributed by atoms with Crippen molar-refractivity contribution in [3.8, 4) is 0 Å². The van der Waals surface area contributed by atoms with Crippen molar-refractivity contribution in [2.24, 2.45) is 0 Å². The second kappa shape index (κ2) is 6.08. The molecule has 1 aromatic heterocycles. The number of hydrogen-bond donors (Lipinski definition) is 1. The van der Waals surface area contributed by atoms with Crippen LogP contribution in [0.3, 0.4) is 0 Å². The summed E-state index contributed by atoms with van der Waals surface area (Å²) in [6.07, 6.45) is -4.49. The van der Waals surface area contributed by atoms with Crippen LogP contribution in [0.4, 0.5) is 24.7 Å². The predicted octanol–water partition coefficient (Wildman–Crippen LogP) is 6.46. The largest absolute Gasteiger partial charge is 0.416 e. The highest BCUT2D eigenvalue weighted by Gasteiger charge is 2.31. The maximum absolute atomic E-state index is 12.7. The van der Waals surface area contributed by atoms with Crippen LogP contribution >= 0.6 is 46.4 Å². The summed E-state index contributed by atoms with van der Waals surface area (Å²) in [7, 11) is 0. The molecule has 0 spiro atoms. The summed E-state index contributed by atoms with van der Waals surface area (Å²) in [5, 5.41) is 2.87. The molecule has 2 rings (SSSR count). The average Bonchev–Trinajstić information content (AvgIpc) is 2.37. The molecule has 0 saturated heterocycles. The van der Waals surface area contributed by atoms with E-state index in [9.17, 15) is 13.2 Å². The molecule has 0 saturated carbocycles. The SMILES string of the molecule is FC(F)(F)c1ccc(Cl)c(Nc2nc(Cl)c(Cl)cc2Cl)c1. The van der Waals surface area contributed by atoms with Crippen LogP contribution < -0.4 is 5.32 Å². The number of nitrogens with one attached hydrogen (secondary N) is 1. The molecule has 0 amide bonds. The van der Waals surface area contributed by atoms with Gasteiger partial charge in [0.1, 0.15) is 5.15 Å². The number of rotatable bonds is 2. The fourth-order valence-electron chi connectivity index (χ4n) is 1.46. The monoisotopic (exact) mass is 374 g/mol. The minimum atomic E-state index is -4.49. The van der Waals surface area contributed by atoms with Crippen LogP contribution in [0.25, 0.3) is 0 Å². The summed E-state index contributed by atoms with van der Waals surface area (Å²) in [5.41, 5.74) is -0.857. The van der Waals surface area contributed by atoms with E-state index < -0.39 is 11.7 Å². The lowest BCUT2D eigenvalue weighted by atomic mass is 10.2. The van der Waals surface area contributed by atoms with Gasteiger partial charge in [-0.05, 0) is 24.3 Å². The third kappa shape index (κ3) is 3.86. The van der Waals surface area contributed by atoms with Crippen molar-refractivity contribution in [1.29, 1.82) is 0 Å². The van der Waals surface area contributed by atoms with Gasteiger partial charge in [-0.3, -0.25) is 0 Å². The van der Waals surface area contributed by atoms with E-state index in [1.54, 1.807) is 0 Å². The molecule has 0 fully saturated rings. The number of pyridine rings is 1. The Morgan fingerprint density at radius 1 is 0.905 bits per heavy atom. The van der Waals surface area contributed by atoms with Crippen molar-refractivity contribution in [1.82, 2.24) is 4.98 Å². The molecule has 2 nitrogen and oxygen atoms in total. The van der Waals surface area contributed by atoms with Crippen LogP contribution in [-0.2, 0) is 6.18 Å². The Kier molecular flexibility index (Phi) is 4.78. The molecular formula is C12H5Cl4F3N2. The fraction of sp³-hybridized carbons (Fsp3) is 0.0833. The van der Waals surface area contributed by atoms with Crippen molar-refractivity contribution in [3.05, 3.63) is 50.0 Å². The zero-order valence-electron chi connectivity index (χ0n) is 9.90. The molecule has 2 aromatic rings. The quantitative estimate of drug-likeness (QED) is 0.609. The van der Waals surface area contributed by atoms with Gasteiger partial charge in [0.15, 0.2) is 5.82 Å². The van der Waals surface area contributed by atoms with E-state index in [1.807, 2.05) is 0 Å². The summed E-state index contributed by atoms with van der Waals surface area (Å²) in [5.74, 6) is 0.0484. The molecule has 0 unspecified atom stereocenters. The van der Waals surface area contributed by atoms with E-state index in [2.05, 4.69) is 10.3 Å². The summed E-state index contributed by atoms with van der Waals surface area (Å²) >= 11 is 23.2. The molecule has 1 N–H and O–H groups in total. The Bertz CT molecular complexity index is 689. The second-order valence-corrected chi connectivity index (χ2v) is 5.49. The van der Waals surface area contributed by atoms with Gasteiger partial charge in [0.05, 0.1) is 26.3 Å². The second-order valence-electron chi connectivity index (χ2n) is 3.91. The summed E-state index contributed by atoms with van der Waals surface area (Å²) in [6, 6.07) is 4.17. The van der Waals surface area contributed by atoms with Gasteiger partial charge in [0.25, 0.3) is 0 Å². The van der Waals surface area contributed by atoms with E-state index >= 15 is 0 Å².